The van der Waals surface area contributed by atoms with Gasteiger partial charge in [0.05, 0.1) is 7.11 Å². The first-order valence-electron chi connectivity index (χ1n) is 10.3. The quantitative estimate of drug-likeness (QED) is 0.415. The number of benzene rings is 2. The van der Waals surface area contributed by atoms with E-state index >= 15 is 0 Å². The Kier molecular flexibility index (Phi) is 8.09. The fourth-order valence-electron chi connectivity index (χ4n) is 3.49. The molecule has 7 heteroatoms. The lowest BCUT2D eigenvalue weighted by Gasteiger charge is -2.36. The third-order valence-corrected chi connectivity index (χ3v) is 5.18. The van der Waals surface area contributed by atoms with E-state index in [1.165, 1.54) is 5.56 Å². The van der Waals surface area contributed by atoms with Crippen LogP contribution in [0.3, 0.4) is 0 Å². The Morgan fingerprint density at radius 2 is 1.63 bits per heavy atom. The third-order valence-electron chi connectivity index (χ3n) is 5.18. The number of ether oxygens (including phenoxy) is 1. The molecule has 3 rings (SSSR count). The van der Waals surface area contributed by atoms with Crippen LogP contribution < -0.4 is 15.4 Å². The molecule has 0 unspecified atom stereocenters. The summed E-state index contributed by atoms with van der Waals surface area (Å²) < 4.78 is 5.12. The first kappa shape index (κ1) is 21.6. The van der Waals surface area contributed by atoms with Crippen molar-refractivity contribution in [2.75, 3.05) is 53.4 Å². The molecule has 0 spiro atoms. The Morgan fingerprint density at radius 1 is 0.967 bits per heavy atom. The van der Waals surface area contributed by atoms with Crippen molar-refractivity contribution in [3.05, 3.63) is 65.7 Å². The summed E-state index contributed by atoms with van der Waals surface area (Å²) in [4.78, 5) is 21.4. The van der Waals surface area contributed by atoms with Crippen LogP contribution in [0.5, 0.6) is 5.75 Å². The average molecular weight is 410 g/mol. The predicted octanol–water partition coefficient (Wildman–Crippen LogP) is 1.82. The van der Waals surface area contributed by atoms with E-state index in [9.17, 15) is 4.79 Å². The lowest BCUT2D eigenvalue weighted by atomic mass is 10.2. The van der Waals surface area contributed by atoms with Gasteiger partial charge >= 0.3 is 0 Å². The standard InChI is InChI=1S/C23H31N5O2/c1-24-23(26-13-12-25-22(29)20-8-10-21(30-2)11-9-20)28-16-14-27(15-17-28)18-19-6-4-3-5-7-19/h3-11H,12-18H2,1-2H3,(H,24,26)(H,25,29). The Morgan fingerprint density at radius 3 is 2.27 bits per heavy atom. The van der Waals surface area contributed by atoms with Gasteiger partial charge in [0.25, 0.3) is 5.91 Å². The minimum absolute atomic E-state index is 0.0935. The number of hydrogen-bond acceptors (Lipinski definition) is 4. The van der Waals surface area contributed by atoms with E-state index in [-0.39, 0.29) is 5.91 Å². The fourth-order valence-corrected chi connectivity index (χ4v) is 3.49. The zero-order valence-corrected chi connectivity index (χ0v) is 17.8. The number of rotatable bonds is 7. The normalized spacial score (nSPS) is 15.0. The van der Waals surface area contributed by atoms with Gasteiger partial charge in [0.2, 0.25) is 0 Å². The van der Waals surface area contributed by atoms with Gasteiger partial charge in [-0.15, -0.1) is 0 Å². The molecule has 1 amide bonds. The van der Waals surface area contributed by atoms with Gasteiger partial charge in [0, 0.05) is 58.4 Å². The molecule has 30 heavy (non-hydrogen) atoms. The average Bonchev–Trinajstić information content (AvgIpc) is 2.80. The minimum atomic E-state index is -0.0935. The van der Waals surface area contributed by atoms with Crippen molar-refractivity contribution < 1.29 is 9.53 Å². The maximum absolute atomic E-state index is 12.2. The molecule has 2 aromatic rings. The van der Waals surface area contributed by atoms with Crippen LogP contribution in [0, 0.1) is 0 Å². The van der Waals surface area contributed by atoms with Gasteiger partial charge in [-0.3, -0.25) is 14.7 Å². The van der Waals surface area contributed by atoms with Crippen molar-refractivity contribution in [1.29, 1.82) is 0 Å². The van der Waals surface area contributed by atoms with Gasteiger partial charge in [-0.05, 0) is 29.8 Å². The lowest BCUT2D eigenvalue weighted by Crippen LogP contribution is -2.52. The maximum Gasteiger partial charge on any atom is 0.251 e. The molecule has 2 aromatic carbocycles. The van der Waals surface area contributed by atoms with Gasteiger partial charge in [0.15, 0.2) is 5.96 Å². The second-order valence-electron chi connectivity index (χ2n) is 7.21. The number of nitrogens with zero attached hydrogens (tertiary/aromatic N) is 3. The molecule has 0 saturated carbocycles. The highest BCUT2D eigenvalue weighted by atomic mass is 16.5. The first-order chi connectivity index (χ1) is 14.7. The molecule has 0 aliphatic carbocycles. The van der Waals surface area contributed by atoms with Crippen LogP contribution in [0.15, 0.2) is 59.6 Å². The minimum Gasteiger partial charge on any atom is -0.497 e. The molecule has 7 nitrogen and oxygen atoms in total. The molecular formula is C23H31N5O2. The van der Waals surface area contributed by atoms with Crippen LogP contribution in [0.25, 0.3) is 0 Å². The molecular weight excluding hydrogens is 378 g/mol. The fraction of sp³-hybridized carbons (Fsp3) is 0.391. The Bertz CT molecular complexity index is 815. The van der Waals surface area contributed by atoms with Crippen molar-refractivity contribution in [2.24, 2.45) is 4.99 Å². The molecule has 0 radical (unpaired) electrons. The molecule has 2 N–H and O–H groups in total. The molecule has 1 aliphatic rings. The van der Waals surface area contributed by atoms with Gasteiger partial charge in [-0.2, -0.15) is 0 Å². The van der Waals surface area contributed by atoms with Gasteiger partial charge in [-0.25, -0.2) is 0 Å². The number of nitrogens with one attached hydrogen (secondary N) is 2. The number of guanidine groups is 1. The molecule has 0 aromatic heterocycles. The predicted molar refractivity (Wildman–Crippen MR) is 120 cm³/mol. The summed E-state index contributed by atoms with van der Waals surface area (Å²) in [5.74, 6) is 1.53. The van der Waals surface area contributed by atoms with Crippen LogP contribution >= 0.6 is 0 Å². The third kappa shape index (κ3) is 6.22. The number of carbonyl (C=O) groups is 1. The molecule has 0 bridgehead atoms. The zero-order chi connectivity index (χ0) is 21.2. The van der Waals surface area contributed by atoms with E-state index in [0.717, 1.165) is 44.4 Å². The Hall–Kier alpha value is -3.06. The van der Waals surface area contributed by atoms with Gasteiger partial charge < -0.3 is 20.3 Å². The summed E-state index contributed by atoms with van der Waals surface area (Å²) >= 11 is 0. The van der Waals surface area contributed by atoms with Crippen LogP contribution in [-0.2, 0) is 6.54 Å². The van der Waals surface area contributed by atoms with E-state index in [4.69, 9.17) is 4.74 Å². The van der Waals surface area contributed by atoms with Crippen molar-refractivity contribution in [3.8, 4) is 5.75 Å². The lowest BCUT2D eigenvalue weighted by molar-refractivity contribution is 0.0954. The second-order valence-corrected chi connectivity index (χ2v) is 7.21. The molecule has 1 aliphatic heterocycles. The van der Waals surface area contributed by atoms with Crippen LogP contribution in [-0.4, -0.2) is 75.1 Å². The second kappa shape index (κ2) is 11.2. The SMILES string of the molecule is CN=C(NCCNC(=O)c1ccc(OC)cc1)N1CCN(Cc2ccccc2)CC1. The number of carbonyl (C=O) groups excluding carboxylic acids is 1. The number of methoxy groups -OCH3 is 1. The molecule has 160 valence electrons. The summed E-state index contributed by atoms with van der Waals surface area (Å²) in [5, 5.41) is 6.28. The highest BCUT2D eigenvalue weighted by Crippen LogP contribution is 2.11. The van der Waals surface area contributed by atoms with Crippen molar-refractivity contribution >= 4 is 11.9 Å². The molecule has 1 saturated heterocycles. The molecule has 1 heterocycles. The summed E-state index contributed by atoms with van der Waals surface area (Å²) in [5.41, 5.74) is 1.97. The highest BCUT2D eigenvalue weighted by molar-refractivity contribution is 5.94. The summed E-state index contributed by atoms with van der Waals surface area (Å²) in [6, 6.07) is 17.7. The van der Waals surface area contributed by atoms with E-state index < -0.39 is 0 Å². The summed E-state index contributed by atoms with van der Waals surface area (Å²) in [7, 11) is 3.41. The van der Waals surface area contributed by atoms with Crippen molar-refractivity contribution in [2.45, 2.75) is 6.54 Å². The summed E-state index contributed by atoms with van der Waals surface area (Å²) in [6.45, 7) is 6.01. The van der Waals surface area contributed by atoms with Crippen molar-refractivity contribution in [1.82, 2.24) is 20.4 Å². The smallest absolute Gasteiger partial charge is 0.251 e. The largest absolute Gasteiger partial charge is 0.497 e. The number of aliphatic imine (C=N–C) groups is 1. The van der Waals surface area contributed by atoms with Crippen LogP contribution in [0.2, 0.25) is 0 Å². The molecule has 0 atom stereocenters. The maximum atomic E-state index is 12.2. The first-order valence-corrected chi connectivity index (χ1v) is 10.3. The van der Waals surface area contributed by atoms with E-state index in [2.05, 4.69) is 55.8 Å². The van der Waals surface area contributed by atoms with Gasteiger partial charge in [0.1, 0.15) is 5.75 Å². The van der Waals surface area contributed by atoms with Gasteiger partial charge in [-0.1, -0.05) is 30.3 Å². The Balaban J connectivity index is 1.37. The zero-order valence-electron chi connectivity index (χ0n) is 17.8. The molecule has 1 fully saturated rings. The van der Waals surface area contributed by atoms with E-state index in [0.29, 0.717) is 18.7 Å². The monoisotopic (exact) mass is 409 g/mol. The number of hydrogen-bond donors (Lipinski definition) is 2. The highest BCUT2D eigenvalue weighted by Gasteiger charge is 2.19. The summed E-state index contributed by atoms with van der Waals surface area (Å²) in [6.07, 6.45) is 0. The number of amides is 1. The van der Waals surface area contributed by atoms with Crippen LogP contribution in [0.1, 0.15) is 15.9 Å². The van der Waals surface area contributed by atoms with Crippen molar-refractivity contribution in [3.63, 3.8) is 0 Å². The topological polar surface area (TPSA) is 69.2 Å². The van der Waals surface area contributed by atoms with E-state index in [1.54, 1.807) is 38.4 Å². The Labute approximate surface area is 178 Å². The van der Waals surface area contributed by atoms with Crippen LogP contribution in [0.4, 0.5) is 0 Å². The number of piperazine rings is 1. The van der Waals surface area contributed by atoms with E-state index in [1.807, 2.05) is 0 Å².